The van der Waals surface area contributed by atoms with Crippen molar-refractivity contribution in [3.05, 3.63) is 45.5 Å². The number of nitro benzene ring substituents is 1. The largest absolute Gasteiger partial charge is 0.490 e. The van der Waals surface area contributed by atoms with E-state index in [1.165, 1.54) is 31.4 Å². The molecule has 0 spiro atoms. The molecule has 2 aromatic carbocycles. The van der Waals surface area contributed by atoms with Gasteiger partial charge in [-0.1, -0.05) is 6.07 Å². The van der Waals surface area contributed by atoms with Gasteiger partial charge >= 0.3 is 17.6 Å². The van der Waals surface area contributed by atoms with Gasteiger partial charge in [0.1, 0.15) is 0 Å². The van der Waals surface area contributed by atoms with Gasteiger partial charge in [0.05, 0.1) is 28.5 Å². The molecule has 0 saturated heterocycles. The number of carbonyl (C=O) groups excluding carboxylic acids is 2. The Labute approximate surface area is 111 Å². The van der Waals surface area contributed by atoms with Crippen molar-refractivity contribution in [1.82, 2.24) is 0 Å². The van der Waals surface area contributed by atoms with Gasteiger partial charge in [0.25, 0.3) is 0 Å². The Kier molecular flexibility index (Phi) is 2.43. The summed E-state index contributed by atoms with van der Waals surface area (Å²) < 4.78 is 9.56. The van der Waals surface area contributed by atoms with Gasteiger partial charge in [0, 0.05) is 11.5 Å². The molecule has 0 fully saturated rings. The second-order valence-electron chi connectivity index (χ2n) is 4.14. The van der Waals surface area contributed by atoms with Crippen LogP contribution in [0, 0.1) is 10.1 Å². The topological polar surface area (TPSA) is 95.7 Å². The Morgan fingerprint density at radius 3 is 2.55 bits per heavy atom. The summed E-state index contributed by atoms with van der Waals surface area (Å²) in [7, 11) is 1.27. The highest BCUT2D eigenvalue weighted by atomic mass is 16.6. The Balaban J connectivity index is 2.56. The first-order valence-corrected chi connectivity index (χ1v) is 5.59. The quantitative estimate of drug-likeness (QED) is 0.359. The molecular formula is C13H7NO6. The van der Waals surface area contributed by atoms with Gasteiger partial charge < -0.3 is 9.47 Å². The molecule has 0 N–H and O–H groups in total. The molecule has 1 aliphatic rings. The number of cyclic esters (lactones) is 2. The Morgan fingerprint density at radius 1 is 1.20 bits per heavy atom. The number of nitro groups is 1. The molecular weight excluding hydrogens is 266 g/mol. The van der Waals surface area contributed by atoms with Crippen molar-refractivity contribution in [3.8, 4) is 5.75 Å². The summed E-state index contributed by atoms with van der Waals surface area (Å²) in [4.78, 5) is 34.0. The highest BCUT2D eigenvalue weighted by Gasteiger charge is 2.32. The minimum Gasteiger partial charge on any atom is -0.490 e. The first-order chi connectivity index (χ1) is 9.54. The molecule has 0 amide bonds. The van der Waals surface area contributed by atoms with E-state index >= 15 is 0 Å². The first-order valence-electron chi connectivity index (χ1n) is 5.59. The molecule has 0 unspecified atom stereocenters. The van der Waals surface area contributed by atoms with E-state index in [1.54, 1.807) is 0 Å². The normalized spacial score (nSPS) is 13.2. The molecule has 0 aromatic heterocycles. The van der Waals surface area contributed by atoms with Crippen LogP contribution in [0.25, 0.3) is 10.8 Å². The van der Waals surface area contributed by atoms with Crippen LogP contribution < -0.4 is 4.74 Å². The van der Waals surface area contributed by atoms with Crippen molar-refractivity contribution >= 4 is 28.4 Å². The summed E-state index contributed by atoms with van der Waals surface area (Å²) in [5, 5.41) is 11.6. The summed E-state index contributed by atoms with van der Waals surface area (Å²) in [5.41, 5.74) is -0.0731. The average molecular weight is 273 g/mol. The summed E-state index contributed by atoms with van der Waals surface area (Å²) in [6, 6.07) is 5.63. The standard InChI is InChI=1S/C13H7NO6/c1-19-9-5-8-10-6(11(9)14(17)18)3-2-4-7(10)12(15)20-13(8)16/h2-5H,1H3. The van der Waals surface area contributed by atoms with E-state index in [2.05, 4.69) is 4.74 Å². The fourth-order valence-electron chi connectivity index (χ4n) is 2.31. The zero-order valence-electron chi connectivity index (χ0n) is 10.2. The Hall–Kier alpha value is -2.96. The SMILES string of the molecule is COc1cc2c3c(cccc3c1[N+](=O)[O-])C(=O)OC2=O. The van der Waals surface area contributed by atoms with Gasteiger partial charge in [-0.05, 0) is 12.1 Å². The molecule has 0 atom stereocenters. The van der Waals surface area contributed by atoms with Crippen molar-refractivity contribution in [2.24, 2.45) is 0 Å². The smallest absolute Gasteiger partial charge is 0.346 e. The van der Waals surface area contributed by atoms with E-state index in [0.29, 0.717) is 0 Å². The van der Waals surface area contributed by atoms with Gasteiger partial charge in [-0.25, -0.2) is 9.59 Å². The minimum atomic E-state index is -0.841. The number of hydrogen-bond donors (Lipinski definition) is 0. The summed E-state index contributed by atoms with van der Waals surface area (Å²) in [6.45, 7) is 0. The number of carbonyl (C=O) groups is 2. The summed E-state index contributed by atoms with van der Waals surface area (Å²) >= 11 is 0. The van der Waals surface area contributed by atoms with E-state index in [9.17, 15) is 19.7 Å². The van der Waals surface area contributed by atoms with Crippen molar-refractivity contribution in [2.45, 2.75) is 0 Å². The van der Waals surface area contributed by atoms with Crippen molar-refractivity contribution < 1.29 is 24.0 Å². The summed E-state index contributed by atoms with van der Waals surface area (Å²) in [5.74, 6) is -1.71. The second kappa shape index (κ2) is 4.02. The van der Waals surface area contributed by atoms with E-state index in [-0.39, 0.29) is 33.3 Å². The van der Waals surface area contributed by atoms with Gasteiger partial charge in [-0.2, -0.15) is 0 Å². The Morgan fingerprint density at radius 2 is 1.90 bits per heavy atom. The molecule has 3 rings (SSSR count). The molecule has 0 saturated carbocycles. The molecule has 7 heteroatoms. The maximum absolute atomic E-state index is 11.8. The molecule has 100 valence electrons. The van der Waals surface area contributed by atoms with Crippen LogP contribution in [0.2, 0.25) is 0 Å². The lowest BCUT2D eigenvalue weighted by atomic mass is 9.95. The van der Waals surface area contributed by atoms with Gasteiger partial charge in [0.15, 0.2) is 5.75 Å². The number of methoxy groups -OCH3 is 1. The van der Waals surface area contributed by atoms with Crippen LogP contribution in [0.5, 0.6) is 5.75 Å². The maximum Gasteiger partial charge on any atom is 0.346 e. The van der Waals surface area contributed by atoms with Gasteiger partial charge in [0.2, 0.25) is 0 Å². The molecule has 1 heterocycles. The number of benzene rings is 2. The van der Waals surface area contributed by atoms with Gasteiger partial charge in [-0.15, -0.1) is 0 Å². The van der Waals surface area contributed by atoms with Crippen LogP contribution in [-0.4, -0.2) is 24.0 Å². The lowest BCUT2D eigenvalue weighted by molar-refractivity contribution is -0.383. The lowest BCUT2D eigenvalue weighted by Crippen LogP contribution is -2.20. The average Bonchev–Trinajstić information content (AvgIpc) is 2.42. The highest BCUT2D eigenvalue weighted by molar-refractivity contribution is 6.22. The number of ether oxygens (including phenoxy) is 2. The zero-order valence-corrected chi connectivity index (χ0v) is 10.2. The fourth-order valence-corrected chi connectivity index (χ4v) is 2.31. The minimum absolute atomic E-state index is 0.0547. The predicted octanol–water partition coefficient (Wildman–Crippen LogP) is 2.07. The molecule has 7 nitrogen and oxygen atoms in total. The van der Waals surface area contributed by atoms with Crippen LogP contribution >= 0.6 is 0 Å². The van der Waals surface area contributed by atoms with Gasteiger partial charge in [-0.3, -0.25) is 10.1 Å². The Bertz CT molecular complexity index is 795. The summed E-state index contributed by atoms with van der Waals surface area (Å²) in [6.07, 6.45) is 0. The van der Waals surface area contributed by atoms with Crippen LogP contribution in [0.15, 0.2) is 24.3 Å². The van der Waals surface area contributed by atoms with Crippen LogP contribution in [-0.2, 0) is 4.74 Å². The van der Waals surface area contributed by atoms with Crippen molar-refractivity contribution in [3.63, 3.8) is 0 Å². The van der Waals surface area contributed by atoms with Crippen LogP contribution in [0.3, 0.4) is 0 Å². The fraction of sp³-hybridized carbons (Fsp3) is 0.0769. The molecule has 0 bridgehead atoms. The van der Waals surface area contributed by atoms with E-state index in [0.717, 1.165) is 0 Å². The first kappa shape index (κ1) is 12.1. The molecule has 20 heavy (non-hydrogen) atoms. The monoisotopic (exact) mass is 273 g/mol. The van der Waals surface area contributed by atoms with Crippen molar-refractivity contribution in [2.75, 3.05) is 7.11 Å². The number of hydrogen-bond acceptors (Lipinski definition) is 6. The maximum atomic E-state index is 11.8. The highest BCUT2D eigenvalue weighted by Crippen LogP contribution is 2.40. The molecule has 0 radical (unpaired) electrons. The van der Waals surface area contributed by atoms with E-state index in [4.69, 9.17) is 4.74 Å². The number of nitrogens with zero attached hydrogens (tertiary/aromatic N) is 1. The molecule has 0 aliphatic carbocycles. The third-order valence-electron chi connectivity index (χ3n) is 3.13. The lowest BCUT2D eigenvalue weighted by Gasteiger charge is -2.16. The second-order valence-corrected chi connectivity index (χ2v) is 4.14. The predicted molar refractivity (Wildman–Crippen MR) is 66.9 cm³/mol. The van der Waals surface area contributed by atoms with Crippen LogP contribution in [0.4, 0.5) is 5.69 Å². The van der Waals surface area contributed by atoms with Crippen molar-refractivity contribution in [1.29, 1.82) is 0 Å². The zero-order chi connectivity index (χ0) is 14.4. The van der Waals surface area contributed by atoms with Crippen LogP contribution in [0.1, 0.15) is 20.7 Å². The third-order valence-corrected chi connectivity index (χ3v) is 3.13. The van der Waals surface area contributed by atoms with E-state index < -0.39 is 16.9 Å². The third kappa shape index (κ3) is 1.46. The number of rotatable bonds is 2. The van der Waals surface area contributed by atoms with E-state index in [1.807, 2.05) is 0 Å². The molecule has 2 aromatic rings. The molecule has 1 aliphatic heterocycles. The number of esters is 2.